The van der Waals surface area contributed by atoms with Crippen molar-refractivity contribution in [1.29, 1.82) is 0 Å². The van der Waals surface area contributed by atoms with E-state index in [1.807, 2.05) is 0 Å². The van der Waals surface area contributed by atoms with E-state index in [-0.39, 0.29) is 0 Å². The summed E-state index contributed by atoms with van der Waals surface area (Å²) in [5, 5.41) is 0. The monoisotopic (exact) mass is 376 g/mol. The number of hydrogen-bond acceptors (Lipinski definition) is 5. The highest BCUT2D eigenvalue weighted by atomic mass is 32.1. The summed E-state index contributed by atoms with van der Waals surface area (Å²) in [7, 11) is 0. The van der Waals surface area contributed by atoms with Crippen LogP contribution in [0, 0.1) is 23.7 Å². The van der Waals surface area contributed by atoms with Crippen molar-refractivity contribution >= 4 is 11.7 Å². The SMILES string of the molecule is C1CCC(C2CCCCC2Oc2nsnc2O[C@H]2C[C@@H]3CC[C@H]2C3)CC1. The summed E-state index contributed by atoms with van der Waals surface area (Å²) in [5.41, 5.74) is 0. The lowest BCUT2D eigenvalue weighted by molar-refractivity contribution is 0.0357. The van der Waals surface area contributed by atoms with Gasteiger partial charge in [0, 0.05) is 0 Å². The van der Waals surface area contributed by atoms with Crippen molar-refractivity contribution in [1.82, 2.24) is 8.75 Å². The minimum atomic E-state index is 0.318. The molecule has 2 bridgehead atoms. The Morgan fingerprint density at radius 2 is 1.38 bits per heavy atom. The summed E-state index contributed by atoms with van der Waals surface area (Å²) in [6, 6.07) is 0. The van der Waals surface area contributed by atoms with E-state index in [2.05, 4.69) is 8.75 Å². The Balaban J connectivity index is 1.25. The molecule has 0 saturated heterocycles. The number of fused-ring (bicyclic) bond motifs is 2. The fourth-order valence-corrected chi connectivity index (χ4v) is 6.74. The van der Waals surface area contributed by atoms with Crippen LogP contribution in [0.15, 0.2) is 0 Å². The topological polar surface area (TPSA) is 44.2 Å². The first-order chi connectivity index (χ1) is 12.9. The van der Waals surface area contributed by atoms with Gasteiger partial charge in [-0.3, -0.25) is 0 Å². The van der Waals surface area contributed by atoms with Gasteiger partial charge >= 0.3 is 0 Å². The van der Waals surface area contributed by atoms with Crippen LogP contribution in [-0.2, 0) is 0 Å². The molecule has 144 valence electrons. The molecule has 1 heterocycles. The first-order valence-electron chi connectivity index (χ1n) is 11.0. The van der Waals surface area contributed by atoms with Gasteiger partial charge < -0.3 is 9.47 Å². The molecule has 1 aromatic rings. The number of rotatable bonds is 5. The van der Waals surface area contributed by atoms with Crippen molar-refractivity contribution in [2.75, 3.05) is 0 Å². The molecule has 0 aromatic carbocycles. The fourth-order valence-electron chi connectivity index (χ4n) is 6.31. The van der Waals surface area contributed by atoms with Gasteiger partial charge in [0.1, 0.15) is 12.2 Å². The summed E-state index contributed by atoms with van der Waals surface area (Å²) in [6.45, 7) is 0. The van der Waals surface area contributed by atoms with Gasteiger partial charge in [0.15, 0.2) is 0 Å². The van der Waals surface area contributed by atoms with Crippen LogP contribution >= 0.6 is 11.7 Å². The van der Waals surface area contributed by atoms with E-state index in [1.165, 1.54) is 95.2 Å². The molecule has 4 nitrogen and oxygen atoms in total. The van der Waals surface area contributed by atoms with Crippen molar-refractivity contribution in [2.24, 2.45) is 23.7 Å². The van der Waals surface area contributed by atoms with Crippen LogP contribution in [0.4, 0.5) is 0 Å². The second kappa shape index (κ2) is 7.65. The highest BCUT2D eigenvalue weighted by molar-refractivity contribution is 6.99. The molecule has 4 aliphatic carbocycles. The maximum absolute atomic E-state index is 6.49. The van der Waals surface area contributed by atoms with Crippen molar-refractivity contribution in [3.8, 4) is 11.8 Å². The second-order valence-corrected chi connectivity index (χ2v) is 9.74. The van der Waals surface area contributed by atoms with E-state index in [0.29, 0.717) is 29.9 Å². The minimum Gasteiger partial charge on any atom is -0.470 e. The summed E-state index contributed by atoms with van der Waals surface area (Å²) >= 11 is 1.25. The molecule has 4 saturated carbocycles. The van der Waals surface area contributed by atoms with Crippen LogP contribution in [-0.4, -0.2) is 21.0 Å². The maximum atomic E-state index is 6.49. The van der Waals surface area contributed by atoms with Crippen molar-refractivity contribution in [2.45, 2.75) is 95.7 Å². The molecule has 2 unspecified atom stereocenters. The Bertz CT molecular complexity index is 601. The standard InChI is InChI=1S/C21H32N2O2S/c1-2-6-15(7-3-1)17-8-4-5-9-18(17)24-20-21(23-26-22-20)25-19-13-14-10-11-16(19)12-14/h14-19H,1-13H2/t14-,16+,17?,18?,19+/m1/s1. The Kier molecular flexibility index (Phi) is 5.08. The summed E-state index contributed by atoms with van der Waals surface area (Å²) in [6.07, 6.45) is 18.1. The van der Waals surface area contributed by atoms with Gasteiger partial charge in [-0.05, 0) is 68.6 Å². The first-order valence-corrected chi connectivity index (χ1v) is 11.8. The van der Waals surface area contributed by atoms with Gasteiger partial charge in [0.2, 0.25) is 0 Å². The van der Waals surface area contributed by atoms with E-state index >= 15 is 0 Å². The molecule has 0 aliphatic heterocycles. The third-order valence-electron chi connectivity index (χ3n) is 7.64. The number of ether oxygens (including phenoxy) is 2. The molecule has 5 rings (SSSR count). The molecule has 0 amide bonds. The van der Waals surface area contributed by atoms with Crippen LogP contribution in [0.2, 0.25) is 0 Å². The predicted molar refractivity (Wildman–Crippen MR) is 103 cm³/mol. The zero-order valence-electron chi connectivity index (χ0n) is 15.8. The zero-order chi connectivity index (χ0) is 17.3. The van der Waals surface area contributed by atoms with E-state index in [9.17, 15) is 0 Å². The Hall–Kier alpha value is -0.840. The summed E-state index contributed by atoms with van der Waals surface area (Å²) in [5.74, 6) is 4.55. The van der Waals surface area contributed by atoms with E-state index in [4.69, 9.17) is 9.47 Å². The third-order valence-corrected chi connectivity index (χ3v) is 8.13. The highest BCUT2D eigenvalue weighted by Gasteiger charge is 2.42. The average Bonchev–Trinajstić information content (AvgIpc) is 3.41. The van der Waals surface area contributed by atoms with Crippen molar-refractivity contribution in [3.63, 3.8) is 0 Å². The molecule has 4 fully saturated rings. The van der Waals surface area contributed by atoms with Crippen LogP contribution in [0.5, 0.6) is 11.8 Å². The van der Waals surface area contributed by atoms with Crippen molar-refractivity contribution in [3.05, 3.63) is 0 Å². The summed E-state index contributed by atoms with van der Waals surface area (Å²) < 4.78 is 21.7. The molecule has 0 N–H and O–H groups in total. The molecule has 1 aromatic heterocycles. The number of nitrogens with zero attached hydrogens (tertiary/aromatic N) is 2. The van der Waals surface area contributed by atoms with Gasteiger partial charge in [0.25, 0.3) is 11.8 Å². The van der Waals surface area contributed by atoms with Crippen LogP contribution in [0.1, 0.15) is 83.5 Å². The quantitative estimate of drug-likeness (QED) is 0.668. The lowest BCUT2D eigenvalue weighted by atomic mass is 9.72. The third kappa shape index (κ3) is 3.48. The molecule has 0 radical (unpaired) electrons. The van der Waals surface area contributed by atoms with Crippen LogP contribution in [0.3, 0.4) is 0 Å². The molecular formula is C21H32N2O2S. The van der Waals surface area contributed by atoms with Gasteiger partial charge in [-0.1, -0.05) is 38.5 Å². The molecule has 0 spiro atoms. The van der Waals surface area contributed by atoms with Gasteiger partial charge in [-0.15, -0.1) is 8.75 Å². The lowest BCUT2D eigenvalue weighted by Crippen LogP contribution is -2.36. The van der Waals surface area contributed by atoms with E-state index < -0.39 is 0 Å². The molecular weight excluding hydrogens is 344 g/mol. The molecule has 5 heteroatoms. The summed E-state index contributed by atoms with van der Waals surface area (Å²) in [4.78, 5) is 0. The highest BCUT2D eigenvalue weighted by Crippen LogP contribution is 2.47. The first kappa shape index (κ1) is 17.3. The molecule has 4 aliphatic rings. The largest absolute Gasteiger partial charge is 0.470 e. The van der Waals surface area contributed by atoms with Crippen LogP contribution in [0.25, 0.3) is 0 Å². The average molecular weight is 377 g/mol. The second-order valence-electron chi connectivity index (χ2n) is 9.21. The molecule has 26 heavy (non-hydrogen) atoms. The maximum Gasteiger partial charge on any atom is 0.291 e. The van der Waals surface area contributed by atoms with Gasteiger partial charge in [0.05, 0.1) is 11.7 Å². The Morgan fingerprint density at radius 3 is 2.12 bits per heavy atom. The molecule has 5 atom stereocenters. The Morgan fingerprint density at radius 1 is 0.654 bits per heavy atom. The van der Waals surface area contributed by atoms with Gasteiger partial charge in [-0.2, -0.15) is 0 Å². The number of hydrogen-bond donors (Lipinski definition) is 0. The fraction of sp³-hybridized carbons (Fsp3) is 0.905. The normalized spacial score (nSPS) is 37.8. The van der Waals surface area contributed by atoms with Crippen molar-refractivity contribution < 1.29 is 9.47 Å². The van der Waals surface area contributed by atoms with E-state index in [1.54, 1.807) is 0 Å². The number of aromatic nitrogens is 2. The van der Waals surface area contributed by atoms with Gasteiger partial charge in [-0.25, -0.2) is 0 Å². The minimum absolute atomic E-state index is 0.318. The lowest BCUT2D eigenvalue weighted by Gasteiger charge is -2.38. The zero-order valence-corrected chi connectivity index (χ0v) is 16.6. The van der Waals surface area contributed by atoms with E-state index in [0.717, 1.165) is 17.8 Å². The van der Waals surface area contributed by atoms with Crippen LogP contribution < -0.4 is 9.47 Å². The predicted octanol–water partition coefficient (Wildman–Crippen LogP) is 5.62. The smallest absolute Gasteiger partial charge is 0.291 e. The Labute approximate surface area is 161 Å².